The molecule has 0 saturated carbocycles. The fourth-order valence-corrected chi connectivity index (χ4v) is 4.67. The highest BCUT2D eigenvalue weighted by atomic mass is 79.9. The number of hydrogen-bond acceptors (Lipinski definition) is 6. The Bertz CT molecular complexity index is 1400. The van der Waals surface area contributed by atoms with E-state index in [2.05, 4.69) is 41.1 Å². The lowest BCUT2D eigenvalue weighted by atomic mass is 10.1. The number of thiophene rings is 1. The average Bonchev–Trinajstić information content (AvgIpc) is 3.35. The summed E-state index contributed by atoms with van der Waals surface area (Å²) in [6.07, 6.45) is 0.497. The largest absolute Gasteiger partial charge is 0.433 e. The highest BCUT2D eigenvalue weighted by molar-refractivity contribution is 9.10. The van der Waals surface area contributed by atoms with Crippen molar-refractivity contribution in [3.8, 4) is 0 Å². The zero-order chi connectivity index (χ0) is 20.5. The molecule has 0 aliphatic carbocycles. The average molecular weight is 482 g/mol. The first-order valence-corrected chi connectivity index (χ1v) is 10.1. The van der Waals surface area contributed by atoms with Gasteiger partial charge in [-0.05, 0) is 41.4 Å². The Labute approximate surface area is 173 Å². The molecule has 0 bridgehead atoms. The maximum absolute atomic E-state index is 13.1. The molecule has 12 heteroatoms. The van der Waals surface area contributed by atoms with Crippen molar-refractivity contribution in [1.82, 2.24) is 34.3 Å². The quantitative estimate of drug-likeness (QED) is 0.362. The standard InChI is InChI=1S/C17H11BrF3N7S/c1-7-3-10(17(19,20)21)24-16-11(7)12-13(29-16)15-25-14(26-28(15)6-22-12)8(2)27-5-9(18)4-23-27/h3-6,8H,1-2H3. The van der Waals surface area contributed by atoms with Gasteiger partial charge in [0, 0.05) is 11.6 Å². The van der Waals surface area contributed by atoms with Crippen LogP contribution in [0.1, 0.15) is 30.0 Å². The highest BCUT2D eigenvalue weighted by Crippen LogP contribution is 2.38. The number of hydrogen-bond donors (Lipinski definition) is 0. The van der Waals surface area contributed by atoms with Crippen LogP contribution in [0.5, 0.6) is 0 Å². The summed E-state index contributed by atoms with van der Waals surface area (Å²) in [6, 6.07) is 0.815. The van der Waals surface area contributed by atoms with Gasteiger partial charge in [0.25, 0.3) is 0 Å². The number of nitrogens with zero attached hydrogens (tertiary/aromatic N) is 7. The number of aryl methyl sites for hydroxylation is 1. The van der Waals surface area contributed by atoms with Crippen LogP contribution in [0.15, 0.2) is 29.3 Å². The van der Waals surface area contributed by atoms with Gasteiger partial charge in [0.15, 0.2) is 11.5 Å². The van der Waals surface area contributed by atoms with Crippen molar-refractivity contribution in [1.29, 1.82) is 0 Å². The monoisotopic (exact) mass is 481 g/mol. The van der Waals surface area contributed by atoms with E-state index in [0.29, 0.717) is 32.6 Å². The summed E-state index contributed by atoms with van der Waals surface area (Å²) >= 11 is 4.50. The van der Waals surface area contributed by atoms with Gasteiger partial charge in [0.1, 0.15) is 27.6 Å². The maximum atomic E-state index is 13.1. The van der Waals surface area contributed by atoms with Crippen LogP contribution in [0.2, 0.25) is 0 Å². The lowest BCUT2D eigenvalue weighted by Gasteiger charge is -2.06. The third-order valence-corrected chi connectivity index (χ3v) is 6.09. The van der Waals surface area contributed by atoms with E-state index in [4.69, 9.17) is 0 Å². The maximum Gasteiger partial charge on any atom is 0.433 e. The van der Waals surface area contributed by atoms with Gasteiger partial charge in [-0.25, -0.2) is 19.5 Å². The van der Waals surface area contributed by atoms with Crippen molar-refractivity contribution in [2.45, 2.75) is 26.1 Å². The van der Waals surface area contributed by atoms with Crippen LogP contribution in [-0.2, 0) is 6.18 Å². The van der Waals surface area contributed by atoms with Gasteiger partial charge >= 0.3 is 6.18 Å². The van der Waals surface area contributed by atoms with Gasteiger partial charge in [-0.15, -0.1) is 16.4 Å². The lowest BCUT2D eigenvalue weighted by molar-refractivity contribution is -0.141. The number of alkyl halides is 3. The van der Waals surface area contributed by atoms with Gasteiger partial charge in [-0.2, -0.15) is 18.3 Å². The summed E-state index contributed by atoms with van der Waals surface area (Å²) in [5.41, 5.74) is 0.661. The minimum Gasteiger partial charge on any atom is -0.261 e. The molecule has 7 nitrogen and oxygen atoms in total. The molecule has 0 aliphatic rings. The summed E-state index contributed by atoms with van der Waals surface area (Å²) in [5, 5.41) is 9.33. The van der Waals surface area contributed by atoms with Gasteiger partial charge in [-0.3, -0.25) is 4.68 Å². The molecule has 5 aromatic heterocycles. The summed E-state index contributed by atoms with van der Waals surface area (Å²) in [6.45, 7) is 3.54. The van der Waals surface area contributed by atoms with E-state index in [1.54, 1.807) is 17.8 Å². The molecule has 0 aromatic carbocycles. The minimum absolute atomic E-state index is 0.234. The molecular weight excluding hydrogens is 471 g/mol. The van der Waals surface area contributed by atoms with Crippen LogP contribution in [0.4, 0.5) is 13.2 Å². The van der Waals surface area contributed by atoms with Crippen molar-refractivity contribution in [2.75, 3.05) is 0 Å². The fourth-order valence-electron chi connectivity index (χ4n) is 3.19. The lowest BCUT2D eigenvalue weighted by Crippen LogP contribution is -2.09. The molecule has 148 valence electrons. The second-order valence-electron chi connectivity index (χ2n) is 6.58. The van der Waals surface area contributed by atoms with Crippen molar-refractivity contribution in [3.05, 3.63) is 46.3 Å². The molecule has 29 heavy (non-hydrogen) atoms. The van der Waals surface area contributed by atoms with Gasteiger partial charge < -0.3 is 0 Å². The molecule has 5 heterocycles. The second-order valence-corrected chi connectivity index (χ2v) is 8.49. The predicted octanol–water partition coefficient (Wildman–Crippen LogP) is 4.78. The van der Waals surface area contributed by atoms with E-state index in [1.165, 1.54) is 10.8 Å². The normalized spacial score (nSPS) is 13.7. The van der Waals surface area contributed by atoms with Crippen molar-refractivity contribution < 1.29 is 13.2 Å². The molecule has 1 atom stereocenters. The van der Waals surface area contributed by atoms with Crippen molar-refractivity contribution in [3.63, 3.8) is 0 Å². The van der Waals surface area contributed by atoms with E-state index in [1.807, 2.05) is 13.1 Å². The summed E-state index contributed by atoms with van der Waals surface area (Å²) in [5.74, 6) is 0.521. The van der Waals surface area contributed by atoms with E-state index < -0.39 is 11.9 Å². The van der Waals surface area contributed by atoms with E-state index in [0.717, 1.165) is 21.9 Å². The zero-order valence-corrected chi connectivity index (χ0v) is 17.3. The molecule has 5 aromatic rings. The smallest absolute Gasteiger partial charge is 0.261 e. The topological polar surface area (TPSA) is 73.8 Å². The Hall–Kier alpha value is -2.60. The molecule has 0 amide bonds. The van der Waals surface area contributed by atoms with Gasteiger partial charge in [0.05, 0.1) is 16.2 Å². The number of aromatic nitrogens is 7. The Morgan fingerprint density at radius 2 is 2.03 bits per heavy atom. The molecule has 0 spiro atoms. The third kappa shape index (κ3) is 2.89. The molecular formula is C17H11BrF3N7S. The highest BCUT2D eigenvalue weighted by Gasteiger charge is 2.33. The van der Waals surface area contributed by atoms with Crippen LogP contribution >= 0.6 is 27.3 Å². The third-order valence-electron chi connectivity index (χ3n) is 4.61. The Morgan fingerprint density at radius 1 is 1.24 bits per heavy atom. The van der Waals surface area contributed by atoms with Gasteiger partial charge in [-0.1, -0.05) is 0 Å². The molecule has 5 rings (SSSR count). The van der Waals surface area contributed by atoms with E-state index in [9.17, 15) is 13.2 Å². The van der Waals surface area contributed by atoms with Gasteiger partial charge in [0.2, 0.25) is 0 Å². The van der Waals surface area contributed by atoms with Crippen LogP contribution < -0.4 is 0 Å². The number of pyridine rings is 1. The first-order valence-electron chi connectivity index (χ1n) is 8.44. The Morgan fingerprint density at radius 3 is 2.72 bits per heavy atom. The zero-order valence-electron chi connectivity index (χ0n) is 14.9. The van der Waals surface area contributed by atoms with Crippen LogP contribution in [0.3, 0.4) is 0 Å². The molecule has 0 aliphatic heterocycles. The second kappa shape index (κ2) is 6.20. The molecule has 0 fully saturated rings. The first kappa shape index (κ1) is 18.4. The van der Waals surface area contributed by atoms with E-state index >= 15 is 0 Å². The van der Waals surface area contributed by atoms with Crippen molar-refractivity contribution in [2.24, 2.45) is 0 Å². The molecule has 0 N–H and O–H groups in total. The summed E-state index contributed by atoms with van der Waals surface area (Å²) < 4.78 is 44.2. The van der Waals surface area contributed by atoms with Crippen LogP contribution in [0, 0.1) is 6.92 Å². The first-order chi connectivity index (χ1) is 13.7. The number of halogens is 4. The fraction of sp³-hybridized carbons (Fsp3) is 0.235. The SMILES string of the molecule is Cc1cc(C(F)(F)F)nc2sc3c(ncn4nc(C(C)n5cc(Br)cn5)nc34)c12. The van der Waals surface area contributed by atoms with Crippen molar-refractivity contribution >= 4 is 53.3 Å². The molecule has 0 radical (unpaired) electrons. The summed E-state index contributed by atoms with van der Waals surface area (Å²) in [7, 11) is 0. The predicted molar refractivity (Wildman–Crippen MR) is 105 cm³/mol. The van der Waals surface area contributed by atoms with Crippen LogP contribution in [-0.4, -0.2) is 34.3 Å². The Balaban J connectivity index is 1.73. The number of rotatable bonds is 2. The Kier molecular flexibility index (Phi) is 3.94. The minimum atomic E-state index is -4.51. The van der Waals surface area contributed by atoms with Crippen LogP contribution in [0.25, 0.3) is 26.1 Å². The molecule has 0 saturated heterocycles. The van der Waals surface area contributed by atoms with E-state index in [-0.39, 0.29) is 10.9 Å². The number of fused-ring (bicyclic) bond motifs is 5. The summed E-state index contributed by atoms with van der Waals surface area (Å²) in [4.78, 5) is 13.1. The molecule has 1 unspecified atom stereocenters.